The topological polar surface area (TPSA) is 52.6 Å². The second-order valence-corrected chi connectivity index (χ2v) is 9.91. The highest BCUT2D eigenvalue weighted by Crippen LogP contribution is 2.29. The van der Waals surface area contributed by atoms with Crippen LogP contribution in [-0.4, -0.2) is 23.1 Å². The Hall–Kier alpha value is -1.06. The van der Waals surface area contributed by atoms with E-state index < -0.39 is 0 Å². The van der Waals surface area contributed by atoms with Crippen molar-refractivity contribution in [3.63, 3.8) is 0 Å². The Morgan fingerprint density at radius 1 is 0.485 bits per heavy atom. The molecule has 0 aromatic heterocycles. The Kier molecular flexibility index (Phi) is 18.6. The van der Waals surface area contributed by atoms with Gasteiger partial charge in [-0.3, -0.25) is 9.59 Å². The average molecular weight is 469 g/mol. The minimum absolute atomic E-state index is 0.0441. The van der Waals surface area contributed by atoms with Gasteiger partial charge in [0.15, 0.2) is 0 Å². The molecule has 0 N–H and O–H groups in total. The molecule has 0 saturated carbocycles. The van der Waals surface area contributed by atoms with Crippen molar-refractivity contribution in [3.05, 3.63) is 0 Å². The summed E-state index contributed by atoms with van der Waals surface area (Å²) in [5.74, 6) is -0.0883. The van der Waals surface area contributed by atoms with Gasteiger partial charge in [-0.1, -0.05) is 86.5 Å². The summed E-state index contributed by atoms with van der Waals surface area (Å²) in [6.45, 7) is 12.9. The van der Waals surface area contributed by atoms with Gasteiger partial charge in [-0.05, 0) is 64.2 Å². The lowest BCUT2D eigenvalue weighted by Gasteiger charge is -2.32. The monoisotopic (exact) mass is 468 g/mol. The van der Waals surface area contributed by atoms with E-state index >= 15 is 0 Å². The summed E-state index contributed by atoms with van der Waals surface area (Å²) in [6, 6.07) is 0. The summed E-state index contributed by atoms with van der Waals surface area (Å²) < 4.78 is 11.9. The Bertz CT molecular complexity index is 448. The van der Waals surface area contributed by atoms with Crippen LogP contribution in [0.2, 0.25) is 0 Å². The molecule has 0 saturated heterocycles. The van der Waals surface area contributed by atoms with Gasteiger partial charge in [-0.2, -0.15) is 0 Å². The smallest absolute Gasteiger partial charge is 0.306 e. The van der Waals surface area contributed by atoms with E-state index in [2.05, 4.69) is 41.5 Å². The van der Waals surface area contributed by atoms with E-state index in [1.165, 1.54) is 25.7 Å². The fraction of sp³-hybridized carbons (Fsp3) is 0.931. The van der Waals surface area contributed by atoms with E-state index in [1.807, 2.05) is 0 Å². The standard InChI is InChI=1S/C29H56O4/c1-7-13-20-24-28(9-3,10-4)32-26(30)22-18-16-15-17-19-23-27(31)33-29(11-5,12-6)25-21-14-8-2/h7-25H2,1-6H3. The lowest BCUT2D eigenvalue weighted by Crippen LogP contribution is -2.34. The van der Waals surface area contributed by atoms with Gasteiger partial charge < -0.3 is 9.47 Å². The molecule has 0 spiro atoms. The second-order valence-electron chi connectivity index (χ2n) is 9.91. The Balaban J connectivity index is 4.11. The lowest BCUT2D eigenvalue weighted by atomic mass is 9.90. The number of hydrogen-bond donors (Lipinski definition) is 0. The first-order valence-electron chi connectivity index (χ1n) is 14.3. The van der Waals surface area contributed by atoms with Crippen molar-refractivity contribution < 1.29 is 19.1 Å². The number of unbranched alkanes of at least 4 members (excludes halogenated alkanes) is 8. The van der Waals surface area contributed by atoms with E-state index in [1.54, 1.807) is 0 Å². The van der Waals surface area contributed by atoms with E-state index in [-0.39, 0.29) is 23.1 Å². The van der Waals surface area contributed by atoms with Gasteiger partial charge in [0.1, 0.15) is 11.2 Å². The van der Waals surface area contributed by atoms with E-state index in [0.717, 1.165) is 83.5 Å². The third kappa shape index (κ3) is 14.1. The molecule has 33 heavy (non-hydrogen) atoms. The molecule has 196 valence electrons. The molecule has 4 nitrogen and oxygen atoms in total. The maximum Gasteiger partial charge on any atom is 0.306 e. The Morgan fingerprint density at radius 2 is 0.818 bits per heavy atom. The summed E-state index contributed by atoms with van der Waals surface area (Å²) in [6.07, 6.45) is 18.4. The number of rotatable bonds is 22. The first kappa shape index (κ1) is 31.9. The minimum atomic E-state index is -0.268. The molecule has 0 radical (unpaired) electrons. The van der Waals surface area contributed by atoms with E-state index in [9.17, 15) is 9.59 Å². The van der Waals surface area contributed by atoms with Gasteiger partial charge in [-0.15, -0.1) is 0 Å². The van der Waals surface area contributed by atoms with Crippen molar-refractivity contribution in [1.29, 1.82) is 0 Å². The highest BCUT2D eigenvalue weighted by atomic mass is 16.6. The van der Waals surface area contributed by atoms with Crippen molar-refractivity contribution in [1.82, 2.24) is 0 Å². The van der Waals surface area contributed by atoms with Gasteiger partial charge in [0.05, 0.1) is 0 Å². The van der Waals surface area contributed by atoms with Crippen LogP contribution < -0.4 is 0 Å². The number of carbonyl (C=O) groups excluding carboxylic acids is 2. The van der Waals surface area contributed by atoms with Crippen LogP contribution >= 0.6 is 0 Å². The third-order valence-corrected chi connectivity index (χ3v) is 7.47. The largest absolute Gasteiger partial charge is 0.459 e. The van der Waals surface area contributed by atoms with Gasteiger partial charge in [0, 0.05) is 12.8 Å². The molecular weight excluding hydrogens is 412 g/mol. The van der Waals surface area contributed by atoms with E-state index in [0.29, 0.717) is 12.8 Å². The molecule has 0 rings (SSSR count). The van der Waals surface area contributed by atoms with Crippen LogP contribution in [0.15, 0.2) is 0 Å². The summed E-state index contributed by atoms with van der Waals surface area (Å²) in [5, 5.41) is 0. The highest BCUT2D eigenvalue weighted by Gasteiger charge is 2.30. The van der Waals surface area contributed by atoms with Gasteiger partial charge in [0.25, 0.3) is 0 Å². The van der Waals surface area contributed by atoms with Crippen molar-refractivity contribution in [3.8, 4) is 0 Å². The lowest BCUT2D eigenvalue weighted by molar-refractivity contribution is -0.163. The number of esters is 2. The predicted molar refractivity (Wildman–Crippen MR) is 139 cm³/mol. The second kappa shape index (κ2) is 19.3. The molecule has 0 aliphatic heterocycles. The van der Waals surface area contributed by atoms with Gasteiger partial charge >= 0.3 is 11.9 Å². The minimum Gasteiger partial charge on any atom is -0.459 e. The first-order valence-corrected chi connectivity index (χ1v) is 14.3. The molecule has 4 heteroatoms. The fourth-order valence-corrected chi connectivity index (χ4v) is 4.65. The third-order valence-electron chi connectivity index (χ3n) is 7.47. The van der Waals surface area contributed by atoms with Gasteiger partial charge in [0.2, 0.25) is 0 Å². The summed E-state index contributed by atoms with van der Waals surface area (Å²) in [5.41, 5.74) is -0.537. The zero-order valence-corrected chi connectivity index (χ0v) is 23.1. The van der Waals surface area contributed by atoms with Crippen molar-refractivity contribution in [2.24, 2.45) is 0 Å². The van der Waals surface area contributed by atoms with Crippen LogP contribution in [0.5, 0.6) is 0 Å². The predicted octanol–water partition coefficient (Wildman–Crippen LogP) is 9.08. The molecule has 0 amide bonds. The SMILES string of the molecule is CCCCCC(CC)(CC)OC(=O)CCCCCCCC(=O)OC(CC)(CC)CCCCC. The average Bonchev–Trinajstić information content (AvgIpc) is 2.82. The highest BCUT2D eigenvalue weighted by molar-refractivity contribution is 5.70. The van der Waals surface area contributed by atoms with Gasteiger partial charge in [-0.25, -0.2) is 0 Å². The van der Waals surface area contributed by atoms with Crippen molar-refractivity contribution in [2.45, 2.75) is 175 Å². The first-order chi connectivity index (χ1) is 15.9. The number of carbonyl (C=O) groups is 2. The maximum absolute atomic E-state index is 12.4. The van der Waals surface area contributed by atoms with Crippen molar-refractivity contribution >= 4 is 11.9 Å². The summed E-state index contributed by atoms with van der Waals surface area (Å²) in [7, 11) is 0. The van der Waals surface area contributed by atoms with Crippen LogP contribution in [-0.2, 0) is 19.1 Å². The Labute approximate surface area is 206 Å². The van der Waals surface area contributed by atoms with Crippen LogP contribution in [0.4, 0.5) is 0 Å². The zero-order valence-electron chi connectivity index (χ0n) is 23.1. The Morgan fingerprint density at radius 3 is 1.12 bits per heavy atom. The summed E-state index contributed by atoms with van der Waals surface area (Å²) in [4.78, 5) is 24.8. The van der Waals surface area contributed by atoms with Crippen LogP contribution in [0, 0.1) is 0 Å². The molecule has 0 aromatic carbocycles. The normalized spacial score (nSPS) is 12.1. The fourth-order valence-electron chi connectivity index (χ4n) is 4.65. The molecule has 0 aromatic rings. The van der Waals surface area contributed by atoms with Crippen molar-refractivity contribution in [2.75, 3.05) is 0 Å². The molecule has 0 aliphatic rings. The molecule has 0 unspecified atom stereocenters. The molecule has 0 atom stereocenters. The molecule has 0 aliphatic carbocycles. The van der Waals surface area contributed by atoms with Crippen LogP contribution in [0.1, 0.15) is 164 Å². The van der Waals surface area contributed by atoms with Crippen LogP contribution in [0.25, 0.3) is 0 Å². The quantitative estimate of drug-likeness (QED) is 0.117. The molecule has 0 fully saturated rings. The number of hydrogen-bond acceptors (Lipinski definition) is 4. The molecule has 0 bridgehead atoms. The number of ether oxygens (including phenoxy) is 2. The summed E-state index contributed by atoms with van der Waals surface area (Å²) >= 11 is 0. The molecule has 0 heterocycles. The molecular formula is C29H56O4. The zero-order chi connectivity index (χ0) is 25.0. The van der Waals surface area contributed by atoms with Crippen LogP contribution in [0.3, 0.4) is 0 Å². The maximum atomic E-state index is 12.4. The van der Waals surface area contributed by atoms with E-state index in [4.69, 9.17) is 9.47 Å².